The van der Waals surface area contributed by atoms with Crippen molar-refractivity contribution in [3.63, 3.8) is 0 Å². The Kier molecular flexibility index (Phi) is 6.90. The lowest BCUT2D eigenvalue weighted by atomic mass is 10.2. The van der Waals surface area contributed by atoms with Crippen LogP contribution in [-0.2, 0) is 9.59 Å². The second-order valence-electron chi connectivity index (χ2n) is 7.40. The summed E-state index contributed by atoms with van der Waals surface area (Å²) < 4.78 is 0. The van der Waals surface area contributed by atoms with Crippen molar-refractivity contribution in [2.45, 2.75) is 6.92 Å². The molecule has 0 atom stereocenters. The molecule has 8 nitrogen and oxygen atoms in total. The van der Waals surface area contributed by atoms with E-state index in [4.69, 9.17) is 5.73 Å². The average molecular weight is 419 g/mol. The van der Waals surface area contributed by atoms with Gasteiger partial charge in [-0.05, 0) is 55.6 Å². The summed E-state index contributed by atoms with van der Waals surface area (Å²) >= 11 is 0. The Morgan fingerprint density at radius 1 is 1.06 bits per heavy atom. The number of nitriles is 1. The van der Waals surface area contributed by atoms with Crippen LogP contribution in [0.3, 0.4) is 0 Å². The number of nitrogens with zero attached hydrogens (tertiary/aromatic N) is 4. The first-order valence-electron chi connectivity index (χ1n) is 10.00. The van der Waals surface area contributed by atoms with Crippen molar-refractivity contribution in [1.29, 1.82) is 5.26 Å². The molecule has 31 heavy (non-hydrogen) atoms. The predicted molar refractivity (Wildman–Crippen MR) is 122 cm³/mol. The molecule has 0 aliphatic carbocycles. The number of nitrogens with one attached hydrogen (secondary N) is 1. The van der Waals surface area contributed by atoms with Crippen molar-refractivity contribution < 1.29 is 9.59 Å². The molecule has 1 fully saturated rings. The van der Waals surface area contributed by atoms with Gasteiger partial charge in [-0.2, -0.15) is 5.26 Å². The Balaban J connectivity index is 1.72. The van der Waals surface area contributed by atoms with Crippen molar-refractivity contribution in [2.24, 2.45) is 0 Å². The Morgan fingerprint density at radius 3 is 2.23 bits per heavy atom. The van der Waals surface area contributed by atoms with Gasteiger partial charge in [0.05, 0.1) is 5.69 Å². The van der Waals surface area contributed by atoms with Crippen molar-refractivity contribution in [3.8, 4) is 6.07 Å². The van der Waals surface area contributed by atoms with Crippen molar-refractivity contribution in [1.82, 2.24) is 4.90 Å². The number of likely N-dealkylation sites (N-methyl/N-ethyl adjacent to an activating group) is 1. The van der Waals surface area contributed by atoms with E-state index in [0.717, 1.165) is 42.5 Å². The Bertz CT molecular complexity index is 1000. The summed E-state index contributed by atoms with van der Waals surface area (Å²) in [6.45, 7) is 5.27. The number of hydrogen-bond acceptors (Lipinski definition) is 7. The van der Waals surface area contributed by atoms with Crippen LogP contribution in [0.4, 0.5) is 22.7 Å². The number of hydrogen-bond donors (Lipinski definition) is 2. The average Bonchev–Trinajstić information content (AvgIpc) is 2.76. The smallest absolute Gasteiger partial charge is 0.277 e. The van der Waals surface area contributed by atoms with Gasteiger partial charge in [0.25, 0.3) is 5.91 Å². The maximum absolute atomic E-state index is 12.8. The Morgan fingerprint density at radius 2 is 1.68 bits per heavy atom. The maximum atomic E-state index is 12.8. The van der Waals surface area contributed by atoms with E-state index < -0.39 is 11.8 Å². The third kappa shape index (κ3) is 5.41. The predicted octanol–water partition coefficient (Wildman–Crippen LogP) is 2.42. The van der Waals surface area contributed by atoms with E-state index in [1.807, 2.05) is 30.3 Å². The molecule has 0 spiro atoms. The van der Waals surface area contributed by atoms with Crippen LogP contribution in [0.1, 0.15) is 6.92 Å². The highest BCUT2D eigenvalue weighted by Crippen LogP contribution is 2.21. The summed E-state index contributed by atoms with van der Waals surface area (Å²) in [4.78, 5) is 30.5. The Hall–Kier alpha value is -3.83. The Labute approximate surface area is 182 Å². The van der Waals surface area contributed by atoms with Gasteiger partial charge in [0, 0.05) is 56.4 Å². The third-order valence-electron chi connectivity index (χ3n) is 5.14. The molecule has 8 heteroatoms. The van der Waals surface area contributed by atoms with Crippen LogP contribution in [0.25, 0.3) is 0 Å². The first-order valence-corrected chi connectivity index (χ1v) is 10.00. The summed E-state index contributed by atoms with van der Waals surface area (Å²) in [5.74, 6) is -1.20. The highest BCUT2D eigenvalue weighted by molar-refractivity contribution is 6.21. The molecule has 3 N–H and O–H groups in total. The summed E-state index contributed by atoms with van der Waals surface area (Å²) in [6.07, 6.45) is 1.32. The fraction of sp³-hybridized carbons (Fsp3) is 0.261. The molecule has 0 saturated carbocycles. The topological polar surface area (TPSA) is 106 Å². The number of carbonyl (C=O) groups is 2. The second-order valence-corrected chi connectivity index (χ2v) is 7.40. The first-order chi connectivity index (χ1) is 14.9. The maximum Gasteiger partial charge on any atom is 0.277 e. The molecule has 2 aromatic rings. The molecule has 2 amide bonds. The highest BCUT2D eigenvalue weighted by Gasteiger charge is 2.24. The van der Waals surface area contributed by atoms with Crippen LogP contribution in [0, 0.1) is 11.3 Å². The zero-order chi connectivity index (χ0) is 22.4. The fourth-order valence-electron chi connectivity index (χ4n) is 3.32. The van der Waals surface area contributed by atoms with Crippen LogP contribution in [0.5, 0.6) is 0 Å². The minimum Gasteiger partial charge on any atom is -0.399 e. The zero-order valence-corrected chi connectivity index (χ0v) is 17.7. The molecule has 0 radical (unpaired) electrons. The zero-order valence-electron chi connectivity index (χ0n) is 17.7. The van der Waals surface area contributed by atoms with Gasteiger partial charge in [-0.25, -0.2) is 4.90 Å². The monoisotopic (exact) mass is 418 g/mol. The molecule has 3 rings (SSSR count). The van der Waals surface area contributed by atoms with E-state index in [1.54, 1.807) is 24.3 Å². The lowest BCUT2D eigenvalue weighted by Crippen LogP contribution is -2.44. The van der Waals surface area contributed by atoms with E-state index >= 15 is 0 Å². The number of nitrogen functional groups attached to an aromatic ring is 1. The fourth-order valence-corrected chi connectivity index (χ4v) is 3.32. The quantitative estimate of drug-likeness (QED) is 0.436. The number of anilines is 4. The SMILES string of the molecule is CC(=O)N(C(=O)/C(C#N)=C\Nc1ccc(N2CCN(C)CC2)cc1)c1ccc(N)cc1. The van der Waals surface area contributed by atoms with Crippen molar-refractivity contribution >= 4 is 34.6 Å². The number of imide groups is 1. The van der Waals surface area contributed by atoms with Crippen molar-refractivity contribution in [3.05, 3.63) is 60.3 Å². The van der Waals surface area contributed by atoms with Gasteiger partial charge in [0.1, 0.15) is 11.6 Å². The standard InChI is InChI=1S/C23H26N6O2/c1-17(30)29(22-7-3-19(25)4-8-22)23(31)18(15-24)16-26-20-5-9-21(10-6-20)28-13-11-27(2)12-14-28/h3-10,16,26H,11-14,25H2,1-2H3/b18-16-. The van der Waals surface area contributed by atoms with E-state index in [-0.39, 0.29) is 5.57 Å². The summed E-state index contributed by atoms with van der Waals surface area (Å²) in [7, 11) is 2.12. The van der Waals surface area contributed by atoms with Gasteiger partial charge in [-0.3, -0.25) is 9.59 Å². The van der Waals surface area contributed by atoms with E-state index in [1.165, 1.54) is 13.1 Å². The molecular weight excluding hydrogens is 392 g/mol. The van der Waals surface area contributed by atoms with Crippen LogP contribution >= 0.6 is 0 Å². The molecule has 0 unspecified atom stereocenters. The van der Waals surface area contributed by atoms with Gasteiger partial charge in [0.2, 0.25) is 5.91 Å². The molecule has 1 saturated heterocycles. The second kappa shape index (κ2) is 9.78. The minimum absolute atomic E-state index is 0.185. The molecule has 1 aliphatic rings. The van der Waals surface area contributed by atoms with E-state index in [0.29, 0.717) is 11.4 Å². The van der Waals surface area contributed by atoms with Gasteiger partial charge in [-0.15, -0.1) is 0 Å². The molecule has 2 aromatic carbocycles. The molecule has 1 heterocycles. The summed E-state index contributed by atoms with van der Waals surface area (Å²) in [5.41, 5.74) is 8.22. The number of carbonyl (C=O) groups excluding carboxylic acids is 2. The van der Waals surface area contributed by atoms with E-state index in [2.05, 4.69) is 22.2 Å². The van der Waals surface area contributed by atoms with Gasteiger partial charge in [-0.1, -0.05) is 0 Å². The summed E-state index contributed by atoms with van der Waals surface area (Å²) in [5, 5.41) is 12.5. The number of benzene rings is 2. The largest absolute Gasteiger partial charge is 0.399 e. The molecule has 0 bridgehead atoms. The third-order valence-corrected chi connectivity index (χ3v) is 5.14. The number of rotatable bonds is 5. The molecule has 0 aromatic heterocycles. The highest BCUT2D eigenvalue weighted by atomic mass is 16.2. The van der Waals surface area contributed by atoms with Crippen LogP contribution in [-0.4, -0.2) is 49.9 Å². The molecular formula is C23H26N6O2. The van der Waals surface area contributed by atoms with Crippen molar-refractivity contribution in [2.75, 3.05) is 54.1 Å². The van der Waals surface area contributed by atoms with Gasteiger partial charge >= 0.3 is 0 Å². The van der Waals surface area contributed by atoms with Gasteiger partial charge in [0.15, 0.2) is 0 Å². The lowest BCUT2D eigenvalue weighted by Gasteiger charge is -2.34. The van der Waals surface area contributed by atoms with Crippen LogP contribution in [0.2, 0.25) is 0 Å². The number of amides is 2. The molecule has 160 valence electrons. The van der Waals surface area contributed by atoms with Gasteiger partial charge < -0.3 is 20.9 Å². The lowest BCUT2D eigenvalue weighted by molar-refractivity contribution is -0.123. The molecule has 1 aliphatic heterocycles. The number of nitrogens with two attached hydrogens (primary N) is 1. The summed E-state index contributed by atoms with van der Waals surface area (Å²) in [6, 6.07) is 16.0. The van der Waals surface area contributed by atoms with Crippen LogP contribution in [0.15, 0.2) is 60.3 Å². The normalized spacial score (nSPS) is 14.6. The van der Waals surface area contributed by atoms with Crippen LogP contribution < -0.4 is 20.9 Å². The number of piperazine rings is 1. The minimum atomic E-state index is -0.707. The first kappa shape index (κ1) is 21.9. The van der Waals surface area contributed by atoms with E-state index in [9.17, 15) is 14.9 Å².